The van der Waals surface area contributed by atoms with Crippen molar-refractivity contribution in [1.29, 1.82) is 0 Å². The van der Waals surface area contributed by atoms with Gasteiger partial charge in [-0.15, -0.1) is 0 Å². The van der Waals surface area contributed by atoms with Gasteiger partial charge in [0.1, 0.15) is 5.75 Å². The predicted octanol–water partition coefficient (Wildman–Crippen LogP) is 4.11. The van der Waals surface area contributed by atoms with E-state index in [2.05, 4.69) is 4.90 Å². The quantitative estimate of drug-likeness (QED) is 0.691. The lowest BCUT2D eigenvalue weighted by Gasteiger charge is -2.45. The minimum absolute atomic E-state index is 0.0481. The van der Waals surface area contributed by atoms with Gasteiger partial charge in [0, 0.05) is 25.7 Å². The molecule has 1 aromatic carbocycles. The molecule has 1 atom stereocenters. The summed E-state index contributed by atoms with van der Waals surface area (Å²) in [5.41, 5.74) is -0.869. The molecule has 1 amide bonds. The number of carbonyl (C=O) groups is 1. The van der Waals surface area contributed by atoms with Crippen LogP contribution in [-0.2, 0) is 15.7 Å². The van der Waals surface area contributed by atoms with Crippen LogP contribution in [0.3, 0.4) is 0 Å². The molecule has 0 bridgehead atoms. The molecule has 2 aliphatic heterocycles. The molecule has 3 fully saturated rings. The monoisotopic (exact) mass is 440 g/mol. The Morgan fingerprint density at radius 3 is 2.61 bits per heavy atom. The number of hydrogen-bond donors (Lipinski definition) is 0. The first-order chi connectivity index (χ1) is 14.8. The zero-order valence-corrected chi connectivity index (χ0v) is 18.0. The fourth-order valence-electron chi connectivity index (χ4n) is 5.47. The van der Waals surface area contributed by atoms with Crippen LogP contribution in [0.2, 0.25) is 0 Å². The second-order valence-corrected chi connectivity index (χ2v) is 9.01. The van der Waals surface area contributed by atoms with Gasteiger partial charge >= 0.3 is 6.18 Å². The molecule has 2 saturated heterocycles. The highest BCUT2D eigenvalue weighted by Crippen LogP contribution is 2.43. The number of hydrogen-bond acceptors (Lipinski definition) is 4. The second-order valence-electron chi connectivity index (χ2n) is 9.01. The van der Waals surface area contributed by atoms with Crippen molar-refractivity contribution in [3.63, 3.8) is 0 Å². The lowest BCUT2D eigenvalue weighted by atomic mass is 9.76. The highest BCUT2D eigenvalue weighted by molar-refractivity contribution is 5.77. The van der Waals surface area contributed by atoms with Crippen molar-refractivity contribution < 1.29 is 27.4 Å². The Labute approximate surface area is 181 Å². The van der Waals surface area contributed by atoms with Gasteiger partial charge in [0.15, 0.2) is 6.61 Å². The molecule has 0 radical (unpaired) electrons. The zero-order valence-electron chi connectivity index (χ0n) is 18.0. The smallest absolute Gasteiger partial charge is 0.416 e. The SMILES string of the molecule is CN(C(=O)COc1cccc(C(F)(F)F)c1)C1CCC2(CC1)OCCC2N1CCCC1. The van der Waals surface area contributed by atoms with Gasteiger partial charge in [0.2, 0.25) is 0 Å². The number of ether oxygens (including phenoxy) is 2. The largest absolute Gasteiger partial charge is 0.484 e. The highest BCUT2D eigenvalue weighted by Gasteiger charge is 2.49. The van der Waals surface area contributed by atoms with Gasteiger partial charge in [0.25, 0.3) is 5.91 Å². The van der Waals surface area contributed by atoms with Gasteiger partial charge in [-0.2, -0.15) is 13.2 Å². The van der Waals surface area contributed by atoms with E-state index in [9.17, 15) is 18.0 Å². The van der Waals surface area contributed by atoms with Crippen LogP contribution in [0.5, 0.6) is 5.75 Å². The van der Waals surface area contributed by atoms with E-state index in [-0.39, 0.29) is 29.9 Å². The molecule has 31 heavy (non-hydrogen) atoms. The van der Waals surface area contributed by atoms with E-state index in [1.165, 1.54) is 25.0 Å². The molecule has 8 heteroatoms. The Bertz CT molecular complexity index is 772. The van der Waals surface area contributed by atoms with Crippen molar-refractivity contribution in [2.45, 2.75) is 68.8 Å². The van der Waals surface area contributed by atoms with Crippen molar-refractivity contribution >= 4 is 5.91 Å². The van der Waals surface area contributed by atoms with E-state index in [0.29, 0.717) is 6.04 Å². The molecule has 2 heterocycles. The summed E-state index contributed by atoms with van der Waals surface area (Å²) in [6.45, 7) is 2.85. The van der Waals surface area contributed by atoms with E-state index in [0.717, 1.165) is 63.9 Å². The van der Waals surface area contributed by atoms with Crippen LogP contribution in [0.25, 0.3) is 0 Å². The van der Waals surface area contributed by atoms with E-state index in [4.69, 9.17) is 9.47 Å². The molecule has 4 rings (SSSR count). The van der Waals surface area contributed by atoms with Crippen LogP contribution in [0.15, 0.2) is 24.3 Å². The third-order valence-corrected chi connectivity index (χ3v) is 7.24. The maximum absolute atomic E-state index is 12.8. The molecular weight excluding hydrogens is 409 g/mol. The average Bonchev–Trinajstić information content (AvgIpc) is 3.42. The molecule has 172 valence electrons. The Morgan fingerprint density at radius 2 is 1.94 bits per heavy atom. The number of alkyl halides is 3. The molecule has 1 spiro atoms. The summed E-state index contributed by atoms with van der Waals surface area (Å²) >= 11 is 0. The summed E-state index contributed by atoms with van der Waals surface area (Å²) in [6.07, 6.45) is 2.79. The Kier molecular flexibility index (Phi) is 6.49. The lowest BCUT2D eigenvalue weighted by molar-refractivity contribution is -0.137. The number of likely N-dealkylation sites (N-methyl/N-ethyl adjacent to an activating group) is 1. The van der Waals surface area contributed by atoms with E-state index in [1.54, 1.807) is 11.9 Å². The lowest BCUT2D eigenvalue weighted by Crippen LogP contribution is -2.53. The Balaban J connectivity index is 1.29. The predicted molar refractivity (Wildman–Crippen MR) is 110 cm³/mol. The summed E-state index contributed by atoms with van der Waals surface area (Å²) in [4.78, 5) is 16.9. The summed E-state index contributed by atoms with van der Waals surface area (Å²) < 4.78 is 50.2. The maximum Gasteiger partial charge on any atom is 0.416 e. The molecule has 0 aromatic heterocycles. The third kappa shape index (κ3) is 4.85. The first-order valence-corrected chi connectivity index (χ1v) is 11.2. The highest BCUT2D eigenvalue weighted by atomic mass is 19.4. The topological polar surface area (TPSA) is 42.0 Å². The number of benzene rings is 1. The van der Waals surface area contributed by atoms with E-state index < -0.39 is 11.7 Å². The van der Waals surface area contributed by atoms with Crippen LogP contribution in [-0.4, -0.2) is 66.7 Å². The van der Waals surface area contributed by atoms with Crippen molar-refractivity contribution in [3.8, 4) is 5.75 Å². The molecule has 1 aliphatic carbocycles. The van der Waals surface area contributed by atoms with Gasteiger partial charge in [-0.1, -0.05) is 6.07 Å². The van der Waals surface area contributed by atoms with Crippen molar-refractivity contribution in [2.75, 3.05) is 33.4 Å². The fraction of sp³-hybridized carbons (Fsp3) is 0.696. The minimum Gasteiger partial charge on any atom is -0.484 e. The summed E-state index contributed by atoms with van der Waals surface area (Å²) in [6, 6.07) is 5.22. The van der Waals surface area contributed by atoms with E-state index in [1.807, 2.05) is 0 Å². The van der Waals surface area contributed by atoms with Crippen LogP contribution < -0.4 is 4.74 Å². The summed E-state index contributed by atoms with van der Waals surface area (Å²) in [7, 11) is 1.76. The fourth-order valence-corrected chi connectivity index (χ4v) is 5.47. The third-order valence-electron chi connectivity index (χ3n) is 7.24. The minimum atomic E-state index is -4.44. The standard InChI is InChI=1S/C23H31F3N2O3/c1-27(21(29)16-30-19-6-4-5-17(15-19)23(24,25)26)18-7-10-22(11-8-18)20(9-14-31-22)28-12-2-3-13-28/h4-6,15,18,20H,2-3,7-14,16H2,1H3. The first-order valence-electron chi connectivity index (χ1n) is 11.2. The van der Waals surface area contributed by atoms with Crippen LogP contribution in [0.4, 0.5) is 13.2 Å². The van der Waals surface area contributed by atoms with Gasteiger partial charge in [-0.3, -0.25) is 9.69 Å². The van der Waals surface area contributed by atoms with Gasteiger partial charge < -0.3 is 14.4 Å². The number of carbonyl (C=O) groups excluding carboxylic acids is 1. The van der Waals surface area contributed by atoms with Crippen molar-refractivity contribution in [1.82, 2.24) is 9.80 Å². The summed E-state index contributed by atoms with van der Waals surface area (Å²) in [5, 5.41) is 0. The van der Waals surface area contributed by atoms with Crippen molar-refractivity contribution in [3.05, 3.63) is 29.8 Å². The number of likely N-dealkylation sites (tertiary alicyclic amines) is 1. The zero-order chi connectivity index (χ0) is 22.1. The maximum atomic E-state index is 12.8. The van der Waals surface area contributed by atoms with Gasteiger partial charge in [0.05, 0.1) is 11.2 Å². The van der Waals surface area contributed by atoms with Crippen LogP contribution in [0, 0.1) is 0 Å². The molecule has 1 saturated carbocycles. The van der Waals surface area contributed by atoms with Crippen LogP contribution >= 0.6 is 0 Å². The molecule has 5 nitrogen and oxygen atoms in total. The number of amides is 1. The Morgan fingerprint density at radius 1 is 1.23 bits per heavy atom. The second kappa shape index (κ2) is 8.98. The first kappa shape index (κ1) is 22.4. The molecule has 1 aromatic rings. The molecule has 1 unspecified atom stereocenters. The van der Waals surface area contributed by atoms with Gasteiger partial charge in [-0.25, -0.2) is 0 Å². The molecule has 0 N–H and O–H groups in total. The Hall–Kier alpha value is -1.80. The van der Waals surface area contributed by atoms with E-state index >= 15 is 0 Å². The molecule has 3 aliphatic rings. The number of halogens is 3. The normalized spacial score (nSPS) is 29.4. The van der Waals surface area contributed by atoms with Crippen molar-refractivity contribution in [2.24, 2.45) is 0 Å². The summed E-state index contributed by atoms with van der Waals surface area (Å²) in [5.74, 6) is -0.172. The van der Waals surface area contributed by atoms with Crippen LogP contribution in [0.1, 0.15) is 50.5 Å². The average molecular weight is 441 g/mol. The number of rotatable bonds is 5. The van der Waals surface area contributed by atoms with Gasteiger partial charge in [-0.05, 0) is 76.2 Å². The molecular formula is C23H31F3N2O3. The number of nitrogens with zero attached hydrogens (tertiary/aromatic N) is 2.